The van der Waals surface area contributed by atoms with Crippen LogP contribution < -0.4 is 5.32 Å². The summed E-state index contributed by atoms with van der Waals surface area (Å²) in [6.45, 7) is 3.10. The number of carboxylic acid groups (broad SMARTS) is 1. The fourth-order valence-electron chi connectivity index (χ4n) is 6.15. The Labute approximate surface area is 212 Å². The number of imide groups is 1. The summed E-state index contributed by atoms with van der Waals surface area (Å²) in [6.07, 6.45) is 1.15. The van der Waals surface area contributed by atoms with Gasteiger partial charge in [0.1, 0.15) is 11.7 Å². The molecular weight excluding hydrogens is 481 g/mol. The molecule has 6 rings (SSSR count). The Hall–Kier alpha value is -3.86. The molecule has 0 spiro atoms. The van der Waals surface area contributed by atoms with Crippen LogP contribution >= 0.6 is 0 Å². The number of likely N-dealkylation sites (tertiary alicyclic amines) is 2. The molecule has 0 radical (unpaired) electrons. The molecule has 4 aliphatic heterocycles. The zero-order chi connectivity index (χ0) is 25.8. The van der Waals surface area contributed by atoms with Gasteiger partial charge in [0.15, 0.2) is 5.82 Å². The molecule has 0 saturated carbocycles. The SMILES string of the molecule is O=C1CC[C@H](N2Cc3cc(-c4nccc(CN5C[C@H]6CN(C(=O)O)C[C@@H]6C5)c4F)ccc3C2=O)C(=O)N1. The number of halogens is 1. The van der Waals surface area contributed by atoms with Crippen LogP contribution in [-0.4, -0.2) is 80.8 Å². The van der Waals surface area contributed by atoms with Gasteiger partial charge in [0.05, 0.1) is 0 Å². The van der Waals surface area contributed by atoms with Gasteiger partial charge in [-0.1, -0.05) is 6.07 Å². The highest BCUT2D eigenvalue weighted by molar-refractivity contribution is 6.05. The number of carbonyl (C=O) groups excluding carboxylic acids is 3. The number of amides is 4. The van der Waals surface area contributed by atoms with Crippen LogP contribution in [-0.2, 0) is 22.7 Å². The molecule has 1 aromatic heterocycles. The number of aromatic nitrogens is 1. The summed E-state index contributed by atoms with van der Waals surface area (Å²) in [4.78, 5) is 57.3. The largest absolute Gasteiger partial charge is 0.465 e. The normalized spacial score (nSPS) is 25.4. The molecule has 4 amide bonds. The van der Waals surface area contributed by atoms with Gasteiger partial charge in [-0.3, -0.25) is 29.6 Å². The molecule has 4 aliphatic rings. The Morgan fingerprint density at radius 2 is 1.86 bits per heavy atom. The first-order valence-corrected chi connectivity index (χ1v) is 12.4. The van der Waals surface area contributed by atoms with Crippen LogP contribution in [0.15, 0.2) is 30.5 Å². The third-order valence-electron chi connectivity index (χ3n) is 7.99. The van der Waals surface area contributed by atoms with Crippen LogP contribution in [0, 0.1) is 17.7 Å². The maximum absolute atomic E-state index is 15.6. The maximum Gasteiger partial charge on any atom is 0.407 e. The Balaban J connectivity index is 1.18. The smallest absolute Gasteiger partial charge is 0.407 e. The van der Waals surface area contributed by atoms with E-state index in [0.29, 0.717) is 41.9 Å². The summed E-state index contributed by atoms with van der Waals surface area (Å²) in [5.41, 5.74) is 2.41. The van der Waals surface area contributed by atoms with Crippen molar-refractivity contribution in [1.82, 2.24) is 25.0 Å². The fourth-order valence-corrected chi connectivity index (χ4v) is 6.15. The van der Waals surface area contributed by atoms with Crippen LogP contribution in [0.25, 0.3) is 11.3 Å². The second-order valence-electron chi connectivity index (χ2n) is 10.3. The molecule has 5 heterocycles. The molecule has 0 unspecified atom stereocenters. The number of nitrogens with zero attached hydrogens (tertiary/aromatic N) is 4. The number of pyridine rings is 1. The van der Waals surface area contributed by atoms with Gasteiger partial charge in [-0.05, 0) is 42.0 Å². The van der Waals surface area contributed by atoms with E-state index in [1.165, 1.54) is 9.80 Å². The average molecular weight is 508 g/mol. The third-order valence-corrected chi connectivity index (χ3v) is 7.99. The van der Waals surface area contributed by atoms with Crippen molar-refractivity contribution in [2.45, 2.75) is 32.0 Å². The minimum atomic E-state index is -0.887. The number of hydrogen-bond acceptors (Lipinski definition) is 6. The quantitative estimate of drug-likeness (QED) is 0.604. The number of rotatable bonds is 4. The van der Waals surface area contributed by atoms with Crippen molar-refractivity contribution in [1.29, 1.82) is 0 Å². The predicted octanol–water partition coefficient (Wildman–Crippen LogP) is 1.69. The number of piperidine rings is 1. The van der Waals surface area contributed by atoms with Gasteiger partial charge in [-0.15, -0.1) is 0 Å². The zero-order valence-corrected chi connectivity index (χ0v) is 20.0. The van der Waals surface area contributed by atoms with E-state index in [1.54, 1.807) is 30.5 Å². The van der Waals surface area contributed by atoms with E-state index in [2.05, 4.69) is 15.2 Å². The summed E-state index contributed by atoms with van der Waals surface area (Å²) in [6, 6.07) is 6.01. The van der Waals surface area contributed by atoms with E-state index in [4.69, 9.17) is 0 Å². The van der Waals surface area contributed by atoms with E-state index < -0.39 is 23.9 Å². The van der Waals surface area contributed by atoms with Crippen LogP contribution in [0.3, 0.4) is 0 Å². The van der Waals surface area contributed by atoms with Crippen molar-refractivity contribution in [2.75, 3.05) is 26.2 Å². The first kappa shape index (κ1) is 23.5. The average Bonchev–Trinajstić information content (AvgIpc) is 3.52. The monoisotopic (exact) mass is 507 g/mol. The molecular formula is C26H26FN5O5. The van der Waals surface area contributed by atoms with Crippen molar-refractivity contribution in [3.8, 4) is 11.3 Å². The highest BCUT2D eigenvalue weighted by Gasteiger charge is 2.42. The summed E-state index contributed by atoms with van der Waals surface area (Å²) in [5.74, 6) is -0.977. The summed E-state index contributed by atoms with van der Waals surface area (Å²) >= 11 is 0. The molecule has 37 heavy (non-hydrogen) atoms. The van der Waals surface area contributed by atoms with Gasteiger partial charge in [0, 0.05) is 68.6 Å². The maximum atomic E-state index is 15.6. The zero-order valence-electron chi connectivity index (χ0n) is 20.0. The molecule has 0 aliphatic carbocycles. The Kier molecular flexibility index (Phi) is 5.67. The number of nitrogens with one attached hydrogen (secondary N) is 1. The van der Waals surface area contributed by atoms with Crippen molar-refractivity contribution < 1.29 is 28.7 Å². The van der Waals surface area contributed by atoms with Crippen LogP contribution in [0.5, 0.6) is 0 Å². The number of fused-ring (bicyclic) bond motifs is 2. The highest BCUT2D eigenvalue weighted by Crippen LogP contribution is 2.34. The molecule has 2 aromatic rings. The lowest BCUT2D eigenvalue weighted by Crippen LogP contribution is -2.52. The van der Waals surface area contributed by atoms with Crippen LogP contribution in [0.1, 0.15) is 34.3 Å². The predicted molar refractivity (Wildman–Crippen MR) is 128 cm³/mol. The van der Waals surface area contributed by atoms with E-state index in [0.717, 1.165) is 13.1 Å². The number of hydrogen-bond donors (Lipinski definition) is 2. The van der Waals surface area contributed by atoms with Crippen molar-refractivity contribution in [2.24, 2.45) is 11.8 Å². The lowest BCUT2D eigenvalue weighted by Gasteiger charge is -2.29. The highest BCUT2D eigenvalue weighted by atomic mass is 19.1. The topological polar surface area (TPSA) is 123 Å². The first-order chi connectivity index (χ1) is 17.8. The summed E-state index contributed by atoms with van der Waals surface area (Å²) < 4.78 is 15.6. The standard InChI is InChI=1S/C26H26FN5O5/c27-22-15(8-30-9-17-11-31(26(36)37)12-18(17)10-30)5-6-28-23(22)14-1-2-19-16(7-14)13-32(25(19)35)20-3-4-21(33)29-24(20)34/h1-2,5-7,17-18,20H,3-4,8-13H2,(H,36,37)(H,29,33,34)/t17-,18-,20-/m0/s1. The second-order valence-corrected chi connectivity index (χ2v) is 10.3. The molecule has 10 nitrogen and oxygen atoms in total. The lowest BCUT2D eigenvalue weighted by molar-refractivity contribution is -0.136. The summed E-state index contributed by atoms with van der Waals surface area (Å²) in [7, 11) is 0. The third kappa shape index (κ3) is 4.12. The molecule has 3 atom stereocenters. The van der Waals surface area contributed by atoms with Gasteiger partial charge in [-0.25, -0.2) is 9.18 Å². The lowest BCUT2D eigenvalue weighted by atomic mass is 10.0. The number of carbonyl (C=O) groups is 4. The minimum absolute atomic E-state index is 0.181. The van der Waals surface area contributed by atoms with Gasteiger partial charge >= 0.3 is 6.09 Å². The minimum Gasteiger partial charge on any atom is -0.465 e. The van der Waals surface area contributed by atoms with Gasteiger partial charge < -0.3 is 14.9 Å². The first-order valence-electron chi connectivity index (χ1n) is 12.4. The molecule has 2 N–H and O–H groups in total. The molecule has 3 fully saturated rings. The van der Waals surface area contributed by atoms with Crippen LogP contribution in [0.2, 0.25) is 0 Å². The van der Waals surface area contributed by atoms with Crippen molar-refractivity contribution in [3.63, 3.8) is 0 Å². The van der Waals surface area contributed by atoms with Crippen molar-refractivity contribution in [3.05, 3.63) is 53.0 Å². The Morgan fingerprint density at radius 3 is 2.57 bits per heavy atom. The Bertz CT molecular complexity index is 1320. The van der Waals surface area contributed by atoms with E-state index in [1.807, 2.05) is 0 Å². The van der Waals surface area contributed by atoms with Crippen LogP contribution in [0.4, 0.5) is 9.18 Å². The van der Waals surface area contributed by atoms with E-state index in [9.17, 15) is 24.3 Å². The van der Waals surface area contributed by atoms with Gasteiger partial charge in [0.25, 0.3) is 5.91 Å². The molecule has 192 valence electrons. The molecule has 1 aromatic carbocycles. The molecule has 3 saturated heterocycles. The van der Waals surface area contributed by atoms with E-state index >= 15 is 4.39 Å². The molecule has 0 bridgehead atoms. The van der Waals surface area contributed by atoms with Gasteiger partial charge in [-0.2, -0.15) is 0 Å². The second kappa shape index (κ2) is 8.91. The summed E-state index contributed by atoms with van der Waals surface area (Å²) in [5, 5.41) is 11.5. The number of benzene rings is 1. The van der Waals surface area contributed by atoms with Crippen molar-refractivity contribution >= 4 is 23.8 Å². The van der Waals surface area contributed by atoms with Gasteiger partial charge in [0.2, 0.25) is 11.8 Å². The Morgan fingerprint density at radius 1 is 1.11 bits per heavy atom. The van der Waals surface area contributed by atoms with E-state index in [-0.39, 0.29) is 48.7 Å². The fraction of sp³-hybridized carbons (Fsp3) is 0.423. The molecule has 11 heteroatoms.